The van der Waals surface area contributed by atoms with Crippen LogP contribution in [0.5, 0.6) is 0 Å². The molecule has 0 amide bonds. The predicted molar refractivity (Wildman–Crippen MR) is 61.3 cm³/mol. The van der Waals surface area contributed by atoms with Crippen LogP contribution in [0.4, 0.5) is 0 Å². The Balaban J connectivity index is 2.47. The highest BCUT2D eigenvalue weighted by molar-refractivity contribution is 9.10. The third-order valence-corrected chi connectivity index (χ3v) is 5.68. The van der Waals surface area contributed by atoms with Crippen molar-refractivity contribution >= 4 is 26.0 Å². The molecule has 0 aliphatic carbocycles. The van der Waals surface area contributed by atoms with E-state index in [2.05, 4.69) is 26.2 Å². The molecular weight excluding hydrogens is 296 g/mol. The van der Waals surface area contributed by atoms with Gasteiger partial charge in [-0.05, 0) is 35.7 Å². The lowest BCUT2D eigenvalue weighted by Crippen LogP contribution is -2.35. The standard InChI is InChI=1S/C8H13BrN4O2S/c1-6-4-3-5-13(6)16(14,15)8-7(9)10-11-12(8)2/h6H,3-5H2,1-2H3. The van der Waals surface area contributed by atoms with Gasteiger partial charge in [0.1, 0.15) is 0 Å². The Labute approximate surface area is 103 Å². The fourth-order valence-corrected chi connectivity index (χ4v) is 4.71. The third kappa shape index (κ3) is 1.78. The number of aryl methyl sites for hydroxylation is 1. The van der Waals surface area contributed by atoms with E-state index in [-0.39, 0.29) is 15.7 Å². The number of aromatic nitrogens is 3. The smallest absolute Gasteiger partial charge is 0.235 e. The molecule has 1 aliphatic heterocycles. The minimum absolute atomic E-state index is 0.0480. The molecule has 8 heteroatoms. The molecule has 1 aliphatic rings. The van der Waals surface area contributed by atoms with Gasteiger partial charge in [-0.1, -0.05) is 5.21 Å². The molecule has 1 aromatic heterocycles. The van der Waals surface area contributed by atoms with Crippen molar-refractivity contribution in [3.63, 3.8) is 0 Å². The zero-order valence-electron chi connectivity index (χ0n) is 9.09. The molecule has 0 radical (unpaired) electrons. The van der Waals surface area contributed by atoms with Crippen molar-refractivity contribution in [2.45, 2.75) is 30.8 Å². The van der Waals surface area contributed by atoms with Crippen molar-refractivity contribution in [3.8, 4) is 0 Å². The van der Waals surface area contributed by atoms with Crippen molar-refractivity contribution in [2.75, 3.05) is 6.54 Å². The van der Waals surface area contributed by atoms with E-state index >= 15 is 0 Å². The Hall–Kier alpha value is -0.470. The summed E-state index contributed by atoms with van der Waals surface area (Å²) in [5.41, 5.74) is 0. The number of hydrogen-bond acceptors (Lipinski definition) is 4. The second-order valence-corrected chi connectivity index (χ2v) is 6.47. The second-order valence-electron chi connectivity index (χ2n) is 3.92. The van der Waals surface area contributed by atoms with Crippen LogP contribution in [0.25, 0.3) is 0 Å². The monoisotopic (exact) mass is 308 g/mol. The van der Waals surface area contributed by atoms with Crippen molar-refractivity contribution in [1.82, 2.24) is 19.3 Å². The van der Waals surface area contributed by atoms with E-state index in [0.29, 0.717) is 6.54 Å². The fourth-order valence-electron chi connectivity index (χ4n) is 1.97. The number of hydrogen-bond donors (Lipinski definition) is 0. The van der Waals surface area contributed by atoms with Gasteiger partial charge in [0, 0.05) is 19.6 Å². The maximum Gasteiger partial charge on any atom is 0.263 e. The second kappa shape index (κ2) is 4.08. The topological polar surface area (TPSA) is 68.1 Å². The van der Waals surface area contributed by atoms with E-state index in [1.807, 2.05) is 6.92 Å². The number of nitrogens with zero attached hydrogens (tertiary/aromatic N) is 4. The first-order valence-corrected chi connectivity index (χ1v) is 7.25. The van der Waals surface area contributed by atoms with Gasteiger partial charge in [-0.25, -0.2) is 13.1 Å². The molecule has 90 valence electrons. The molecule has 0 spiro atoms. The molecule has 0 saturated carbocycles. The van der Waals surface area contributed by atoms with Gasteiger partial charge in [-0.15, -0.1) is 5.10 Å². The summed E-state index contributed by atoms with van der Waals surface area (Å²) in [6.07, 6.45) is 1.81. The number of rotatable bonds is 2. The zero-order chi connectivity index (χ0) is 11.9. The van der Waals surface area contributed by atoms with Gasteiger partial charge in [0.25, 0.3) is 10.0 Å². The van der Waals surface area contributed by atoms with Gasteiger partial charge in [-0.3, -0.25) is 0 Å². The van der Waals surface area contributed by atoms with Crippen LogP contribution < -0.4 is 0 Å². The lowest BCUT2D eigenvalue weighted by atomic mass is 10.3. The van der Waals surface area contributed by atoms with Crippen molar-refractivity contribution in [2.24, 2.45) is 7.05 Å². The van der Waals surface area contributed by atoms with Gasteiger partial charge in [-0.2, -0.15) is 4.31 Å². The highest BCUT2D eigenvalue weighted by Gasteiger charge is 2.36. The third-order valence-electron chi connectivity index (χ3n) is 2.78. The summed E-state index contributed by atoms with van der Waals surface area (Å²) in [6.45, 7) is 2.49. The molecule has 1 unspecified atom stereocenters. The molecule has 0 bridgehead atoms. The molecule has 2 heterocycles. The molecule has 6 nitrogen and oxygen atoms in total. The van der Waals surface area contributed by atoms with Crippen molar-refractivity contribution in [1.29, 1.82) is 0 Å². The molecular formula is C8H13BrN4O2S. The molecule has 0 N–H and O–H groups in total. The number of sulfonamides is 1. The first-order valence-electron chi connectivity index (χ1n) is 5.01. The van der Waals surface area contributed by atoms with E-state index in [1.165, 1.54) is 8.99 Å². The molecule has 0 aromatic carbocycles. The molecule has 16 heavy (non-hydrogen) atoms. The maximum atomic E-state index is 12.3. The van der Waals surface area contributed by atoms with Gasteiger partial charge in [0.2, 0.25) is 5.03 Å². The summed E-state index contributed by atoms with van der Waals surface area (Å²) in [4.78, 5) is 0. The van der Waals surface area contributed by atoms with Crippen LogP contribution >= 0.6 is 15.9 Å². The SMILES string of the molecule is CC1CCCN1S(=O)(=O)c1c(Br)nnn1C. The van der Waals surface area contributed by atoms with E-state index in [9.17, 15) is 8.42 Å². The van der Waals surface area contributed by atoms with Crippen LogP contribution in [0.2, 0.25) is 0 Å². The average Bonchev–Trinajstić information content (AvgIpc) is 2.73. The van der Waals surface area contributed by atoms with Gasteiger partial charge < -0.3 is 0 Å². The van der Waals surface area contributed by atoms with Crippen LogP contribution in [0.15, 0.2) is 9.63 Å². The van der Waals surface area contributed by atoms with E-state index < -0.39 is 10.0 Å². The van der Waals surface area contributed by atoms with Crippen molar-refractivity contribution < 1.29 is 8.42 Å². The Morgan fingerprint density at radius 3 is 2.62 bits per heavy atom. The highest BCUT2D eigenvalue weighted by atomic mass is 79.9. The van der Waals surface area contributed by atoms with E-state index in [0.717, 1.165) is 12.8 Å². The molecule has 1 fully saturated rings. The van der Waals surface area contributed by atoms with E-state index in [4.69, 9.17) is 0 Å². The molecule has 1 atom stereocenters. The van der Waals surface area contributed by atoms with Crippen LogP contribution in [0.1, 0.15) is 19.8 Å². The summed E-state index contributed by atoms with van der Waals surface area (Å²) in [5, 5.41) is 7.52. The highest BCUT2D eigenvalue weighted by Crippen LogP contribution is 2.28. The zero-order valence-corrected chi connectivity index (χ0v) is 11.5. The maximum absolute atomic E-state index is 12.3. The normalized spacial score (nSPS) is 22.8. The first kappa shape index (κ1) is 12.0. The lowest BCUT2D eigenvalue weighted by Gasteiger charge is -2.20. The Kier molecular flexibility index (Phi) is 3.06. The Morgan fingerprint density at radius 1 is 1.50 bits per heavy atom. The summed E-state index contributed by atoms with van der Waals surface area (Å²) < 4.78 is 27.8. The quantitative estimate of drug-likeness (QED) is 0.808. The average molecular weight is 309 g/mol. The van der Waals surface area contributed by atoms with Gasteiger partial charge in [0.15, 0.2) is 4.60 Å². The summed E-state index contributed by atoms with van der Waals surface area (Å²) in [5.74, 6) is 0. The first-order chi connectivity index (χ1) is 7.44. The molecule has 1 saturated heterocycles. The Morgan fingerprint density at radius 2 is 2.19 bits per heavy atom. The minimum atomic E-state index is -3.48. The number of halogens is 1. The molecule has 1 aromatic rings. The predicted octanol–water partition coefficient (Wildman–Crippen LogP) is 0.751. The minimum Gasteiger partial charge on any atom is -0.235 e. The largest absolute Gasteiger partial charge is 0.263 e. The summed E-state index contributed by atoms with van der Waals surface area (Å²) in [6, 6.07) is 0.0480. The van der Waals surface area contributed by atoms with Crippen molar-refractivity contribution in [3.05, 3.63) is 4.60 Å². The van der Waals surface area contributed by atoms with Crippen LogP contribution in [0, 0.1) is 0 Å². The van der Waals surface area contributed by atoms with Crippen LogP contribution in [0.3, 0.4) is 0 Å². The molecule has 2 rings (SSSR count). The lowest BCUT2D eigenvalue weighted by molar-refractivity contribution is 0.402. The van der Waals surface area contributed by atoms with Crippen LogP contribution in [-0.4, -0.2) is 40.3 Å². The van der Waals surface area contributed by atoms with Gasteiger partial charge in [0.05, 0.1) is 0 Å². The summed E-state index contributed by atoms with van der Waals surface area (Å²) in [7, 11) is -1.91. The summed E-state index contributed by atoms with van der Waals surface area (Å²) >= 11 is 3.12. The fraction of sp³-hybridized carbons (Fsp3) is 0.750. The van der Waals surface area contributed by atoms with Crippen LogP contribution in [-0.2, 0) is 17.1 Å². The van der Waals surface area contributed by atoms with E-state index in [1.54, 1.807) is 7.05 Å². The Bertz CT molecular complexity index is 479. The van der Waals surface area contributed by atoms with Gasteiger partial charge >= 0.3 is 0 Å².